The average Bonchev–Trinajstić information content (AvgIpc) is 2.40. The summed E-state index contributed by atoms with van der Waals surface area (Å²) in [6.07, 6.45) is 4.05. The number of hydrogen-bond acceptors (Lipinski definition) is 1. The maximum absolute atomic E-state index is 3.69. The van der Waals surface area contributed by atoms with Gasteiger partial charge in [-0.25, -0.2) is 0 Å². The quantitative estimate of drug-likeness (QED) is 0.789. The van der Waals surface area contributed by atoms with Gasteiger partial charge >= 0.3 is 0 Å². The highest BCUT2D eigenvalue weighted by Gasteiger charge is 2.35. The molecule has 2 atom stereocenters. The molecule has 1 fully saturated rings. The van der Waals surface area contributed by atoms with E-state index in [2.05, 4.69) is 64.2 Å². The zero-order chi connectivity index (χ0) is 15.5. The van der Waals surface area contributed by atoms with Gasteiger partial charge in [-0.3, -0.25) is 0 Å². The molecular weight excluding hydrogens is 254 g/mol. The zero-order valence-electron chi connectivity index (χ0n) is 14.6. The summed E-state index contributed by atoms with van der Waals surface area (Å²) in [5.41, 5.74) is 3.40. The first-order chi connectivity index (χ1) is 9.87. The molecule has 0 spiro atoms. The molecule has 2 rings (SSSR count). The van der Waals surface area contributed by atoms with Crippen molar-refractivity contribution in [3.8, 4) is 0 Å². The Morgan fingerprint density at radius 2 is 1.86 bits per heavy atom. The predicted octanol–water partition coefficient (Wildman–Crippen LogP) is 5.15. The highest BCUT2D eigenvalue weighted by Crippen LogP contribution is 2.46. The number of hydrogen-bond donors (Lipinski definition) is 1. The number of rotatable bonds is 5. The van der Waals surface area contributed by atoms with Gasteiger partial charge in [0.1, 0.15) is 0 Å². The van der Waals surface area contributed by atoms with Gasteiger partial charge in [-0.15, -0.1) is 0 Å². The first kappa shape index (κ1) is 16.5. The molecule has 0 aliphatic heterocycles. The molecular formula is C20H33N. The molecule has 0 aromatic heterocycles. The summed E-state index contributed by atoms with van der Waals surface area (Å²) in [7, 11) is 0. The van der Waals surface area contributed by atoms with Crippen molar-refractivity contribution < 1.29 is 0 Å². The molecule has 1 saturated carbocycles. The lowest BCUT2D eigenvalue weighted by Crippen LogP contribution is -2.35. The Kier molecular flexibility index (Phi) is 5.48. The Morgan fingerprint density at radius 1 is 1.19 bits per heavy atom. The van der Waals surface area contributed by atoms with E-state index in [4.69, 9.17) is 0 Å². The molecule has 2 unspecified atom stereocenters. The maximum atomic E-state index is 3.69. The van der Waals surface area contributed by atoms with Gasteiger partial charge in [0.2, 0.25) is 0 Å². The van der Waals surface area contributed by atoms with Crippen LogP contribution in [-0.2, 0) is 0 Å². The Hall–Kier alpha value is -0.820. The van der Waals surface area contributed by atoms with E-state index in [1.807, 2.05) is 0 Å². The van der Waals surface area contributed by atoms with Crippen molar-refractivity contribution in [2.24, 2.45) is 17.3 Å². The Bertz CT molecular complexity index is 430. The van der Waals surface area contributed by atoms with E-state index in [-0.39, 0.29) is 0 Å². The lowest BCUT2D eigenvalue weighted by molar-refractivity contribution is 0.159. The Balaban J connectivity index is 2.08. The highest BCUT2D eigenvalue weighted by molar-refractivity contribution is 5.26. The standard InChI is InChI=1S/C20H33N/c1-15(2)13-21-14-18-10-11-20(4,5)12-19(18)17-8-6-16(3)7-9-17/h6-9,15,18-19,21H,10-14H2,1-5H3. The molecule has 1 aliphatic rings. The van der Waals surface area contributed by atoms with Gasteiger partial charge in [-0.05, 0) is 68.0 Å². The minimum Gasteiger partial charge on any atom is -0.316 e. The molecule has 1 N–H and O–H groups in total. The van der Waals surface area contributed by atoms with Crippen molar-refractivity contribution in [2.75, 3.05) is 13.1 Å². The van der Waals surface area contributed by atoms with Gasteiger partial charge in [0.15, 0.2) is 0 Å². The summed E-state index contributed by atoms with van der Waals surface area (Å²) in [6.45, 7) is 13.9. The molecule has 1 heteroatoms. The summed E-state index contributed by atoms with van der Waals surface area (Å²) >= 11 is 0. The fourth-order valence-electron chi connectivity index (χ4n) is 3.65. The second kappa shape index (κ2) is 6.96. The molecule has 118 valence electrons. The second-order valence-electron chi connectivity index (χ2n) is 8.24. The highest BCUT2D eigenvalue weighted by atomic mass is 14.9. The zero-order valence-corrected chi connectivity index (χ0v) is 14.6. The Morgan fingerprint density at radius 3 is 2.48 bits per heavy atom. The molecule has 1 aromatic carbocycles. The summed E-state index contributed by atoms with van der Waals surface area (Å²) in [5.74, 6) is 2.25. The van der Waals surface area contributed by atoms with Crippen molar-refractivity contribution in [1.29, 1.82) is 0 Å². The van der Waals surface area contributed by atoms with Crippen LogP contribution in [0.4, 0.5) is 0 Å². The fourth-order valence-corrected chi connectivity index (χ4v) is 3.65. The van der Waals surface area contributed by atoms with E-state index in [1.54, 1.807) is 5.56 Å². The van der Waals surface area contributed by atoms with Crippen molar-refractivity contribution in [2.45, 2.75) is 59.8 Å². The maximum Gasteiger partial charge on any atom is -0.00145 e. The monoisotopic (exact) mass is 287 g/mol. The van der Waals surface area contributed by atoms with Crippen LogP contribution in [0.2, 0.25) is 0 Å². The van der Waals surface area contributed by atoms with Crippen molar-refractivity contribution in [1.82, 2.24) is 5.32 Å². The van der Waals surface area contributed by atoms with E-state index >= 15 is 0 Å². The van der Waals surface area contributed by atoms with E-state index in [0.29, 0.717) is 11.3 Å². The second-order valence-corrected chi connectivity index (χ2v) is 8.24. The third kappa shape index (κ3) is 4.85. The minimum absolute atomic E-state index is 0.490. The normalized spacial score (nSPS) is 25.2. The number of benzene rings is 1. The first-order valence-corrected chi connectivity index (χ1v) is 8.65. The van der Waals surface area contributed by atoms with E-state index in [1.165, 1.54) is 31.4 Å². The number of nitrogens with one attached hydrogen (secondary N) is 1. The topological polar surface area (TPSA) is 12.0 Å². The van der Waals surface area contributed by atoms with Gasteiger partial charge in [-0.2, -0.15) is 0 Å². The van der Waals surface area contributed by atoms with Crippen molar-refractivity contribution >= 4 is 0 Å². The van der Waals surface area contributed by atoms with Crippen LogP contribution in [0.1, 0.15) is 64.0 Å². The van der Waals surface area contributed by atoms with Crippen molar-refractivity contribution in [3.05, 3.63) is 35.4 Å². The lowest BCUT2D eigenvalue weighted by Gasteiger charge is -2.41. The van der Waals surface area contributed by atoms with Gasteiger partial charge in [0.25, 0.3) is 0 Å². The van der Waals surface area contributed by atoms with Crippen LogP contribution in [0.3, 0.4) is 0 Å². The van der Waals surface area contributed by atoms with Crippen LogP contribution in [0.15, 0.2) is 24.3 Å². The van der Waals surface area contributed by atoms with Crippen LogP contribution < -0.4 is 5.32 Å². The van der Waals surface area contributed by atoms with E-state index in [0.717, 1.165) is 18.4 Å². The Labute approximate surface area is 131 Å². The van der Waals surface area contributed by atoms with Gasteiger partial charge < -0.3 is 5.32 Å². The van der Waals surface area contributed by atoms with Crippen LogP contribution in [-0.4, -0.2) is 13.1 Å². The van der Waals surface area contributed by atoms with Crippen LogP contribution in [0, 0.1) is 24.2 Å². The minimum atomic E-state index is 0.490. The smallest absolute Gasteiger partial charge is 0.00145 e. The molecule has 0 radical (unpaired) electrons. The summed E-state index contributed by atoms with van der Waals surface area (Å²) < 4.78 is 0. The first-order valence-electron chi connectivity index (χ1n) is 8.65. The van der Waals surface area contributed by atoms with Crippen LogP contribution >= 0.6 is 0 Å². The lowest BCUT2D eigenvalue weighted by atomic mass is 9.65. The van der Waals surface area contributed by atoms with Crippen LogP contribution in [0.5, 0.6) is 0 Å². The molecule has 0 bridgehead atoms. The third-order valence-corrected chi connectivity index (χ3v) is 5.00. The molecule has 0 saturated heterocycles. The molecule has 21 heavy (non-hydrogen) atoms. The largest absolute Gasteiger partial charge is 0.316 e. The van der Waals surface area contributed by atoms with Gasteiger partial charge in [0, 0.05) is 0 Å². The third-order valence-electron chi connectivity index (χ3n) is 5.00. The molecule has 1 aromatic rings. The van der Waals surface area contributed by atoms with E-state index < -0.39 is 0 Å². The molecule has 0 amide bonds. The molecule has 0 heterocycles. The summed E-state index contributed by atoms with van der Waals surface area (Å²) in [5, 5.41) is 3.69. The van der Waals surface area contributed by atoms with Crippen LogP contribution in [0.25, 0.3) is 0 Å². The summed E-state index contributed by atoms with van der Waals surface area (Å²) in [4.78, 5) is 0. The van der Waals surface area contributed by atoms with Crippen molar-refractivity contribution in [3.63, 3.8) is 0 Å². The SMILES string of the molecule is Cc1ccc(C2CC(C)(C)CCC2CNCC(C)C)cc1. The number of aryl methyl sites for hydroxylation is 1. The van der Waals surface area contributed by atoms with Gasteiger partial charge in [-0.1, -0.05) is 57.5 Å². The average molecular weight is 287 g/mol. The van der Waals surface area contributed by atoms with Gasteiger partial charge in [0.05, 0.1) is 0 Å². The fraction of sp³-hybridized carbons (Fsp3) is 0.700. The van der Waals surface area contributed by atoms with E-state index in [9.17, 15) is 0 Å². The predicted molar refractivity (Wildman–Crippen MR) is 92.7 cm³/mol. The molecule has 1 aliphatic carbocycles. The summed E-state index contributed by atoms with van der Waals surface area (Å²) in [6, 6.07) is 9.26. The molecule has 1 nitrogen and oxygen atoms in total.